The van der Waals surface area contributed by atoms with E-state index in [4.69, 9.17) is 4.74 Å². The van der Waals surface area contributed by atoms with Crippen LogP contribution in [0.3, 0.4) is 0 Å². The van der Waals surface area contributed by atoms with Crippen LogP contribution in [0.25, 0.3) is 10.9 Å². The van der Waals surface area contributed by atoms with E-state index in [2.05, 4.69) is 27.1 Å². The van der Waals surface area contributed by atoms with Gasteiger partial charge in [-0.25, -0.2) is 4.98 Å². The Morgan fingerprint density at radius 1 is 1.08 bits per heavy atom. The van der Waals surface area contributed by atoms with Crippen LogP contribution >= 0.6 is 0 Å². The molecule has 6 heteroatoms. The first kappa shape index (κ1) is 16.5. The molecule has 0 saturated carbocycles. The van der Waals surface area contributed by atoms with Crippen LogP contribution in [0.15, 0.2) is 58.4 Å². The molecule has 0 unspecified atom stereocenters. The number of ether oxygens (including phenoxy) is 1. The van der Waals surface area contributed by atoms with Crippen molar-refractivity contribution >= 4 is 22.8 Å². The van der Waals surface area contributed by atoms with E-state index in [9.17, 15) is 4.79 Å². The standard InChI is InChI=1S/C20H20N4O2/c1-15-22-19-5-3-2-4-18(19)20(25)24(15)21-14-16-6-8-17(9-7-16)23-10-12-26-13-11-23/h2-9,14H,10-13H2,1H3/b21-14+. The Morgan fingerprint density at radius 3 is 2.58 bits per heavy atom. The second-order valence-corrected chi connectivity index (χ2v) is 6.23. The topological polar surface area (TPSA) is 59.7 Å². The molecule has 4 rings (SSSR count). The van der Waals surface area contributed by atoms with Gasteiger partial charge in [-0.1, -0.05) is 24.3 Å². The molecule has 1 saturated heterocycles. The van der Waals surface area contributed by atoms with Gasteiger partial charge < -0.3 is 9.64 Å². The number of aromatic nitrogens is 2. The highest BCUT2D eigenvalue weighted by Gasteiger charge is 2.10. The summed E-state index contributed by atoms with van der Waals surface area (Å²) in [6, 6.07) is 15.5. The Morgan fingerprint density at radius 2 is 1.81 bits per heavy atom. The van der Waals surface area contributed by atoms with Gasteiger partial charge in [0.05, 0.1) is 30.3 Å². The normalized spacial score (nSPS) is 15.0. The lowest BCUT2D eigenvalue weighted by Gasteiger charge is -2.28. The van der Waals surface area contributed by atoms with Crippen LogP contribution in [-0.4, -0.2) is 42.2 Å². The van der Waals surface area contributed by atoms with Crippen molar-refractivity contribution < 1.29 is 4.74 Å². The minimum absolute atomic E-state index is 0.158. The van der Waals surface area contributed by atoms with Gasteiger partial charge in [0.15, 0.2) is 0 Å². The number of nitrogens with zero attached hydrogens (tertiary/aromatic N) is 4. The van der Waals surface area contributed by atoms with Gasteiger partial charge in [-0.15, -0.1) is 0 Å². The lowest BCUT2D eigenvalue weighted by atomic mass is 10.2. The second kappa shape index (κ2) is 7.09. The third-order valence-corrected chi connectivity index (χ3v) is 4.51. The maximum Gasteiger partial charge on any atom is 0.282 e. The Balaban J connectivity index is 1.60. The first-order chi connectivity index (χ1) is 12.7. The van der Waals surface area contributed by atoms with Gasteiger partial charge in [-0.3, -0.25) is 4.79 Å². The van der Waals surface area contributed by atoms with Crippen LogP contribution in [0.2, 0.25) is 0 Å². The Labute approximate surface area is 151 Å². The van der Waals surface area contributed by atoms with Gasteiger partial charge in [0.2, 0.25) is 0 Å². The summed E-state index contributed by atoms with van der Waals surface area (Å²) in [5.41, 5.74) is 2.64. The molecule has 1 aliphatic rings. The molecule has 2 heterocycles. The van der Waals surface area contributed by atoms with Crippen molar-refractivity contribution in [2.45, 2.75) is 6.92 Å². The number of hydrogen-bond acceptors (Lipinski definition) is 5. The van der Waals surface area contributed by atoms with E-state index in [-0.39, 0.29) is 5.56 Å². The summed E-state index contributed by atoms with van der Waals surface area (Å²) in [7, 11) is 0. The highest BCUT2D eigenvalue weighted by atomic mass is 16.5. The zero-order valence-corrected chi connectivity index (χ0v) is 14.6. The summed E-state index contributed by atoms with van der Waals surface area (Å²) in [5, 5.41) is 4.92. The number of morpholine rings is 1. The van der Waals surface area contributed by atoms with E-state index in [1.807, 2.05) is 30.3 Å². The highest BCUT2D eigenvalue weighted by molar-refractivity contribution is 5.81. The monoisotopic (exact) mass is 348 g/mol. The number of fused-ring (bicyclic) bond motifs is 1. The van der Waals surface area contributed by atoms with E-state index >= 15 is 0 Å². The van der Waals surface area contributed by atoms with E-state index in [1.165, 1.54) is 10.4 Å². The van der Waals surface area contributed by atoms with Crippen LogP contribution in [0.1, 0.15) is 11.4 Å². The van der Waals surface area contributed by atoms with Crippen LogP contribution in [-0.2, 0) is 4.74 Å². The lowest BCUT2D eigenvalue weighted by molar-refractivity contribution is 0.122. The van der Waals surface area contributed by atoms with Gasteiger partial charge >= 0.3 is 0 Å². The summed E-state index contributed by atoms with van der Waals surface area (Å²) < 4.78 is 6.73. The zero-order valence-electron chi connectivity index (χ0n) is 14.6. The maximum atomic E-state index is 12.6. The third kappa shape index (κ3) is 3.23. The third-order valence-electron chi connectivity index (χ3n) is 4.51. The van der Waals surface area contributed by atoms with Crippen molar-refractivity contribution in [1.29, 1.82) is 0 Å². The summed E-state index contributed by atoms with van der Waals surface area (Å²) in [4.78, 5) is 19.4. The molecule has 3 aromatic rings. The Bertz CT molecular complexity index is 1000. The molecule has 0 bridgehead atoms. The molecule has 1 aromatic heterocycles. The minimum Gasteiger partial charge on any atom is -0.378 e. The van der Waals surface area contributed by atoms with E-state index in [0.717, 1.165) is 31.9 Å². The molecule has 0 radical (unpaired) electrons. The van der Waals surface area contributed by atoms with Gasteiger partial charge in [0.1, 0.15) is 5.82 Å². The van der Waals surface area contributed by atoms with E-state index in [0.29, 0.717) is 16.7 Å². The number of aryl methyl sites for hydroxylation is 1. The number of hydrogen-bond donors (Lipinski definition) is 0. The molecular formula is C20H20N4O2. The molecule has 2 aromatic carbocycles. The zero-order chi connectivity index (χ0) is 17.9. The number of para-hydroxylation sites is 1. The molecule has 1 aliphatic heterocycles. The largest absolute Gasteiger partial charge is 0.378 e. The average molecular weight is 348 g/mol. The molecule has 0 aliphatic carbocycles. The molecule has 0 atom stereocenters. The summed E-state index contributed by atoms with van der Waals surface area (Å²) in [6.45, 7) is 5.13. The maximum absolute atomic E-state index is 12.6. The van der Waals surface area contributed by atoms with Gasteiger partial charge in [-0.2, -0.15) is 9.78 Å². The average Bonchev–Trinajstić information content (AvgIpc) is 2.69. The van der Waals surface area contributed by atoms with Crippen LogP contribution in [0.5, 0.6) is 0 Å². The van der Waals surface area contributed by atoms with Gasteiger partial charge in [-0.05, 0) is 36.8 Å². The van der Waals surface area contributed by atoms with E-state index < -0.39 is 0 Å². The Kier molecular flexibility index (Phi) is 4.50. The Hall–Kier alpha value is -2.99. The molecule has 0 N–H and O–H groups in total. The fourth-order valence-corrected chi connectivity index (χ4v) is 3.09. The fourth-order valence-electron chi connectivity index (χ4n) is 3.09. The molecule has 1 fully saturated rings. The lowest BCUT2D eigenvalue weighted by Crippen LogP contribution is -2.36. The fraction of sp³-hybridized carbons (Fsp3) is 0.250. The predicted molar refractivity (Wildman–Crippen MR) is 103 cm³/mol. The van der Waals surface area contributed by atoms with Gasteiger partial charge in [0, 0.05) is 18.8 Å². The van der Waals surface area contributed by atoms with Crippen molar-refractivity contribution in [1.82, 2.24) is 9.66 Å². The first-order valence-corrected chi connectivity index (χ1v) is 8.68. The summed E-state index contributed by atoms with van der Waals surface area (Å²) >= 11 is 0. The van der Waals surface area contributed by atoms with Crippen molar-refractivity contribution in [3.05, 3.63) is 70.3 Å². The van der Waals surface area contributed by atoms with E-state index in [1.54, 1.807) is 19.2 Å². The quantitative estimate of drug-likeness (QED) is 0.682. The summed E-state index contributed by atoms with van der Waals surface area (Å²) in [5.74, 6) is 0.565. The van der Waals surface area contributed by atoms with Gasteiger partial charge in [0.25, 0.3) is 5.56 Å². The number of rotatable bonds is 3. The second-order valence-electron chi connectivity index (χ2n) is 6.23. The molecule has 0 spiro atoms. The minimum atomic E-state index is -0.158. The smallest absolute Gasteiger partial charge is 0.282 e. The molecular weight excluding hydrogens is 328 g/mol. The summed E-state index contributed by atoms with van der Waals surface area (Å²) in [6.07, 6.45) is 1.69. The van der Waals surface area contributed by atoms with Crippen LogP contribution in [0, 0.1) is 6.92 Å². The predicted octanol–water partition coefficient (Wildman–Crippen LogP) is 2.42. The first-order valence-electron chi connectivity index (χ1n) is 8.68. The van der Waals surface area contributed by atoms with Crippen LogP contribution < -0.4 is 10.5 Å². The number of benzene rings is 2. The van der Waals surface area contributed by atoms with Crippen molar-refractivity contribution in [3.63, 3.8) is 0 Å². The SMILES string of the molecule is Cc1nc2ccccc2c(=O)n1/N=C/c1ccc(N2CCOCC2)cc1. The van der Waals surface area contributed by atoms with Crippen molar-refractivity contribution in [2.24, 2.45) is 5.10 Å². The van der Waals surface area contributed by atoms with Crippen molar-refractivity contribution in [3.8, 4) is 0 Å². The highest BCUT2D eigenvalue weighted by Crippen LogP contribution is 2.16. The van der Waals surface area contributed by atoms with Crippen LogP contribution in [0.4, 0.5) is 5.69 Å². The molecule has 0 amide bonds. The van der Waals surface area contributed by atoms with Crippen molar-refractivity contribution in [2.75, 3.05) is 31.2 Å². The molecule has 6 nitrogen and oxygen atoms in total. The number of anilines is 1. The molecule has 26 heavy (non-hydrogen) atoms. The molecule has 132 valence electrons.